The molecule has 164 valence electrons. The van der Waals surface area contributed by atoms with E-state index >= 15 is 0 Å². The molecule has 2 N–H and O–H groups in total. The van der Waals surface area contributed by atoms with E-state index in [0.717, 1.165) is 38.6 Å². The average Bonchev–Trinajstić information content (AvgIpc) is 3.51. The third-order valence-corrected chi connectivity index (χ3v) is 6.58. The number of aryl methyl sites for hydroxylation is 1. The van der Waals surface area contributed by atoms with Gasteiger partial charge in [0.1, 0.15) is 5.01 Å². The summed E-state index contributed by atoms with van der Waals surface area (Å²) in [6, 6.07) is 9.67. The summed E-state index contributed by atoms with van der Waals surface area (Å²) in [7, 11) is 1.35. The van der Waals surface area contributed by atoms with Crippen LogP contribution in [-0.4, -0.2) is 33.9 Å². The number of H-pyrrole nitrogens is 1. The van der Waals surface area contributed by atoms with Gasteiger partial charge < -0.3 is 15.0 Å². The van der Waals surface area contributed by atoms with Gasteiger partial charge in [-0.15, -0.1) is 11.3 Å². The van der Waals surface area contributed by atoms with Crippen molar-refractivity contribution in [1.82, 2.24) is 15.0 Å². The van der Waals surface area contributed by atoms with Crippen molar-refractivity contribution in [2.45, 2.75) is 13.8 Å². The minimum Gasteiger partial charge on any atom is -0.465 e. The lowest BCUT2D eigenvalue weighted by molar-refractivity contribution is -0.110. The Labute approximate surface area is 194 Å². The van der Waals surface area contributed by atoms with E-state index in [-0.39, 0.29) is 5.91 Å². The summed E-state index contributed by atoms with van der Waals surface area (Å²) in [6.45, 7) is 3.65. The topological polar surface area (TPSA) is 97.0 Å². The Morgan fingerprint density at radius 3 is 2.67 bits per heavy atom. The standard InChI is InChI=1S/C25H20N4O3S/c1-13-20(27-14(2)22(13)25(31)32-3)11-18-17-10-16(4-5-19(17)28-23(18)30)21-12-33-24(29-21)15-6-8-26-9-7-15/h4-12,27H,1-3H3,(H,28,30)/b18-11-. The highest BCUT2D eigenvalue weighted by Crippen LogP contribution is 2.38. The minimum atomic E-state index is -0.405. The summed E-state index contributed by atoms with van der Waals surface area (Å²) in [5, 5.41) is 5.83. The summed E-state index contributed by atoms with van der Waals surface area (Å²) in [5.41, 5.74) is 7.46. The van der Waals surface area contributed by atoms with Crippen LogP contribution in [0.25, 0.3) is 33.5 Å². The SMILES string of the molecule is COC(=O)c1c(C)[nH]c(/C=C2\C(=O)Nc3ccc(-c4csc(-c5ccncc5)n4)cc32)c1C. The van der Waals surface area contributed by atoms with Crippen LogP contribution >= 0.6 is 11.3 Å². The maximum atomic E-state index is 12.8. The zero-order valence-corrected chi connectivity index (χ0v) is 19.0. The molecule has 0 saturated carbocycles. The van der Waals surface area contributed by atoms with Gasteiger partial charge in [0.25, 0.3) is 5.91 Å². The number of amides is 1. The number of aromatic nitrogens is 3. The number of anilines is 1. The molecule has 1 aromatic carbocycles. The molecule has 1 aliphatic rings. The Morgan fingerprint density at radius 1 is 1.12 bits per heavy atom. The van der Waals surface area contributed by atoms with Gasteiger partial charge in [-0.05, 0) is 49.8 Å². The van der Waals surface area contributed by atoms with Gasteiger partial charge in [0.2, 0.25) is 0 Å². The number of nitrogens with zero attached hydrogens (tertiary/aromatic N) is 2. The summed E-state index contributed by atoms with van der Waals surface area (Å²) < 4.78 is 4.89. The van der Waals surface area contributed by atoms with E-state index in [1.165, 1.54) is 7.11 Å². The lowest BCUT2D eigenvalue weighted by atomic mass is 10.0. The van der Waals surface area contributed by atoms with Crippen molar-refractivity contribution in [3.63, 3.8) is 0 Å². The van der Waals surface area contributed by atoms with Crippen molar-refractivity contribution in [2.24, 2.45) is 0 Å². The normalized spacial score (nSPS) is 13.8. The van der Waals surface area contributed by atoms with E-state index in [0.29, 0.717) is 22.5 Å². The molecule has 0 bridgehead atoms. The quantitative estimate of drug-likeness (QED) is 0.329. The van der Waals surface area contributed by atoms with Crippen molar-refractivity contribution >= 4 is 40.5 Å². The van der Waals surface area contributed by atoms with Gasteiger partial charge in [0.15, 0.2) is 0 Å². The van der Waals surface area contributed by atoms with E-state index < -0.39 is 5.97 Å². The van der Waals surface area contributed by atoms with Gasteiger partial charge >= 0.3 is 5.97 Å². The van der Waals surface area contributed by atoms with Crippen LogP contribution in [0.15, 0.2) is 48.1 Å². The molecule has 4 aromatic rings. The largest absolute Gasteiger partial charge is 0.465 e. The summed E-state index contributed by atoms with van der Waals surface area (Å²) in [6.07, 6.45) is 5.27. The van der Waals surface area contributed by atoms with Crippen LogP contribution in [-0.2, 0) is 9.53 Å². The number of carbonyl (C=O) groups is 2. The second-order valence-corrected chi connectivity index (χ2v) is 8.56. The molecule has 0 aliphatic carbocycles. The predicted octanol–water partition coefficient (Wildman–Crippen LogP) is 5.10. The summed E-state index contributed by atoms with van der Waals surface area (Å²) in [4.78, 5) is 36.9. The Kier molecular flexibility index (Phi) is 5.14. The maximum absolute atomic E-state index is 12.8. The van der Waals surface area contributed by atoms with Crippen LogP contribution < -0.4 is 5.32 Å². The van der Waals surface area contributed by atoms with Crippen LogP contribution in [0.2, 0.25) is 0 Å². The zero-order chi connectivity index (χ0) is 23.1. The maximum Gasteiger partial charge on any atom is 0.339 e. The number of aromatic amines is 1. The lowest BCUT2D eigenvalue weighted by Gasteiger charge is -2.03. The van der Waals surface area contributed by atoms with Crippen molar-refractivity contribution in [3.05, 3.63) is 76.2 Å². The predicted molar refractivity (Wildman–Crippen MR) is 129 cm³/mol. The molecular weight excluding hydrogens is 436 g/mol. The van der Waals surface area contributed by atoms with E-state index in [1.54, 1.807) is 29.8 Å². The van der Waals surface area contributed by atoms with Gasteiger partial charge in [-0.3, -0.25) is 9.78 Å². The first-order valence-corrected chi connectivity index (χ1v) is 11.2. The molecule has 4 heterocycles. The number of rotatable bonds is 4. The molecule has 33 heavy (non-hydrogen) atoms. The Morgan fingerprint density at radius 2 is 1.91 bits per heavy atom. The third kappa shape index (κ3) is 3.64. The van der Waals surface area contributed by atoms with E-state index in [4.69, 9.17) is 9.72 Å². The van der Waals surface area contributed by atoms with Crippen LogP contribution in [0.3, 0.4) is 0 Å². The summed E-state index contributed by atoms with van der Waals surface area (Å²) in [5.74, 6) is -0.595. The van der Waals surface area contributed by atoms with Crippen molar-refractivity contribution in [2.75, 3.05) is 12.4 Å². The monoisotopic (exact) mass is 456 g/mol. The van der Waals surface area contributed by atoms with Crippen molar-refractivity contribution in [3.8, 4) is 21.8 Å². The highest BCUT2D eigenvalue weighted by atomic mass is 32.1. The van der Waals surface area contributed by atoms with Gasteiger partial charge in [0.05, 0.1) is 23.9 Å². The molecule has 3 aromatic heterocycles. The molecule has 0 fully saturated rings. The van der Waals surface area contributed by atoms with E-state index in [9.17, 15) is 9.59 Å². The first kappa shape index (κ1) is 20.8. The Balaban J connectivity index is 1.54. The first-order chi connectivity index (χ1) is 16.0. The molecule has 0 atom stereocenters. The number of benzene rings is 1. The zero-order valence-electron chi connectivity index (χ0n) is 18.2. The number of hydrogen-bond acceptors (Lipinski definition) is 6. The number of fused-ring (bicyclic) bond motifs is 1. The van der Waals surface area contributed by atoms with Crippen LogP contribution in [0.1, 0.15) is 32.9 Å². The van der Waals surface area contributed by atoms with Crippen LogP contribution in [0.4, 0.5) is 5.69 Å². The molecule has 1 amide bonds. The molecule has 8 heteroatoms. The number of carbonyl (C=O) groups excluding carboxylic acids is 2. The molecule has 0 radical (unpaired) electrons. The van der Waals surface area contributed by atoms with Crippen LogP contribution in [0, 0.1) is 13.8 Å². The van der Waals surface area contributed by atoms with Gasteiger partial charge in [-0.25, -0.2) is 9.78 Å². The van der Waals surface area contributed by atoms with E-state index in [1.807, 2.05) is 49.6 Å². The number of methoxy groups -OCH3 is 1. The number of pyridine rings is 1. The number of ether oxygens (including phenoxy) is 1. The molecular formula is C25H20N4O3S. The Bertz CT molecular complexity index is 1430. The lowest BCUT2D eigenvalue weighted by Crippen LogP contribution is -2.04. The first-order valence-electron chi connectivity index (χ1n) is 10.3. The molecule has 0 unspecified atom stereocenters. The number of thiazole rings is 1. The van der Waals surface area contributed by atoms with Crippen LogP contribution in [0.5, 0.6) is 0 Å². The molecule has 0 spiro atoms. The second kappa shape index (κ2) is 8.14. The summed E-state index contributed by atoms with van der Waals surface area (Å²) >= 11 is 1.56. The second-order valence-electron chi connectivity index (χ2n) is 7.70. The fraction of sp³-hybridized carbons (Fsp3) is 0.120. The van der Waals surface area contributed by atoms with Gasteiger partial charge in [0, 0.05) is 51.5 Å². The molecule has 7 nitrogen and oxygen atoms in total. The fourth-order valence-corrected chi connectivity index (χ4v) is 4.83. The average molecular weight is 457 g/mol. The molecule has 1 aliphatic heterocycles. The molecule has 5 rings (SSSR count). The fourth-order valence-electron chi connectivity index (χ4n) is 4.00. The number of nitrogens with one attached hydrogen (secondary N) is 2. The number of esters is 1. The highest BCUT2D eigenvalue weighted by molar-refractivity contribution is 7.13. The third-order valence-electron chi connectivity index (χ3n) is 5.68. The Hall–Kier alpha value is -4.04. The van der Waals surface area contributed by atoms with Gasteiger partial charge in [-0.2, -0.15) is 0 Å². The molecule has 0 saturated heterocycles. The smallest absolute Gasteiger partial charge is 0.339 e. The minimum absolute atomic E-state index is 0.191. The number of hydrogen-bond donors (Lipinski definition) is 2. The van der Waals surface area contributed by atoms with Gasteiger partial charge in [-0.1, -0.05) is 6.07 Å². The van der Waals surface area contributed by atoms with E-state index in [2.05, 4.69) is 15.3 Å². The highest BCUT2D eigenvalue weighted by Gasteiger charge is 2.26. The van der Waals surface area contributed by atoms with Crippen molar-refractivity contribution in [1.29, 1.82) is 0 Å². The van der Waals surface area contributed by atoms with Crippen molar-refractivity contribution < 1.29 is 14.3 Å².